The minimum absolute atomic E-state index is 0.0323. The number of benzene rings is 1. The molecule has 0 radical (unpaired) electrons. The van der Waals surface area contributed by atoms with Crippen molar-refractivity contribution in [2.24, 2.45) is 0 Å². The lowest BCUT2D eigenvalue weighted by Crippen LogP contribution is -2.13. The van der Waals surface area contributed by atoms with Gasteiger partial charge in [0.1, 0.15) is 0 Å². The summed E-state index contributed by atoms with van der Waals surface area (Å²) < 4.78 is 26.3. The molecule has 4 N–H and O–H groups in total. The number of aromatic amines is 3. The van der Waals surface area contributed by atoms with E-state index in [1.807, 2.05) is 0 Å². The number of anilines is 1. The second-order valence-corrected chi connectivity index (χ2v) is 5.51. The topological polar surface area (TPSA) is 124 Å². The van der Waals surface area contributed by atoms with Gasteiger partial charge < -0.3 is 15.0 Å². The highest BCUT2D eigenvalue weighted by atomic mass is 32.2. The predicted octanol–water partition coefficient (Wildman–Crippen LogP) is 0.380. The van der Waals surface area contributed by atoms with Crippen LogP contribution >= 0.6 is 0 Å². The van der Waals surface area contributed by atoms with Crippen LogP contribution in [0, 0.1) is 0 Å². The summed E-state index contributed by atoms with van der Waals surface area (Å²) in [6, 6.07) is 4.69. The zero-order valence-electron chi connectivity index (χ0n) is 9.47. The minimum Gasteiger partial charge on any atom is -0.334 e. The highest BCUT2D eigenvalue weighted by Crippen LogP contribution is 2.17. The second kappa shape index (κ2) is 3.99. The summed E-state index contributed by atoms with van der Waals surface area (Å²) in [5.74, 6) is 0. The average Bonchev–Trinajstić information content (AvgIpc) is 2.95. The van der Waals surface area contributed by atoms with Gasteiger partial charge in [-0.05, 0) is 18.2 Å². The van der Waals surface area contributed by atoms with E-state index < -0.39 is 10.0 Å². The molecule has 8 nitrogen and oxygen atoms in total. The maximum absolute atomic E-state index is 11.9. The molecule has 0 fully saturated rings. The van der Waals surface area contributed by atoms with Crippen LogP contribution in [0.2, 0.25) is 0 Å². The van der Waals surface area contributed by atoms with E-state index in [2.05, 4.69) is 24.7 Å². The minimum atomic E-state index is -3.70. The fourth-order valence-corrected chi connectivity index (χ4v) is 2.65. The number of sulfonamides is 1. The van der Waals surface area contributed by atoms with Crippen molar-refractivity contribution >= 4 is 26.7 Å². The van der Waals surface area contributed by atoms with Crippen LogP contribution in [0.25, 0.3) is 11.0 Å². The summed E-state index contributed by atoms with van der Waals surface area (Å²) in [5, 5.41) is -0.0323. The van der Waals surface area contributed by atoms with Crippen molar-refractivity contribution in [2.45, 2.75) is 5.03 Å². The fraction of sp³-hybridized carbons (Fsp3) is 0. The van der Waals surface area contributed by atoms with Crippen LogP contribution in [0.5, 0.6) is 0 Å². The Bertz CT molecular complexity index is 875. The lowest BCUT2D eigenvalue weighted by Gasteiger charge is -2.05. The molecule has 0 saturated heterocycles. The standard InChI is InChI=1S/C10H9N5O3S/c16-10-13-7-2-1-6(3-8(7)14-10)15-19(17,18)9-4-11-5-12-9/h1-5,15H,(H,11,12)(H2,13,14,16). The van der Waals surface area contributed by atoms with Gasteiger partial charge in [0.25, 0.3) is 10.0 Å². The van der Waals surface area contributed by atoms with Crippen LogP contribution in [0.1, 0.15) is 0 Å². The van der Waals surface area contributed by atoms with E-state index in [9.17, 15) is 13.2 Å². The van der Waals surface area contributed by atoms with E-state index in [1.54, 1.807) is 12.1 Å². The zero-order valence-corrected chi connectivity index (χ0v) is 10.3. The summed E-state index contributed by atoms with van der Waals surface area (Å²) in [4.78, 5) is 22.4. The Kier molecular flexibility index (Phi) is 2.42. The molecular weight excluding hydrogens is 270 g/mol. The van der Waals surface area contributed by atoms with Crippen molar-refractivity contribution in [2.75, 3.05) is 4.72 Å². The van der Waals surface area contributed by atoms with Gasteiger partial charge in [0, 0.05) is 0 Å². The molecule has 3 rings (SSSR count). The van der Waals surface area contributed by atoms with Crippen LogP contribution in [0.15, 0.2) is 40.5 Å². The van der Waals surface area contributed by atoms with Crippen molar-refractivity contribution in [1.29, 1.82) is 0 Å². The normalized spacial score (nSPS) is 11.8. The Morgan fingerprint density at radius 3 is 2.68 bits per heavy atom. The van der Waals surface area contributed by atoms with E-state index in [-0.39, 0.29) is 10.7 Å². The Morgan fingerprint density at radius 1 is 1.16 bits per heavy atom. The van der Waals surface area contributed by atoms with Crippen molar-refractivity contribution in [3.63, 3.8) is 0 Å². The first kappa shape index (κ1) is 11.5. The first-order valence-corrected chi connectivity index (χ1v) is 6.76. The van der Waals surface area contributed by atoms with E-state index in [1.165, 1.54) is 18.6 Å². The molecule has 0 aliphatic rings. The highest BCUT2D eigenvalue weighted by Gasteiger charge is 2.15. The molecule has 2 heterocycles. The van der Waals surface area contributed by atoms with Gasteiger partial charge in [-0.3, -0.25) is 4.72 Å². The van der Waals surface area contributed by atoms with Gasteiger partial charge in [0.05, 0.1) is 29.2 Å². The molecule has 9 heteroatoms. The van der Waals surface area contributed by atoms with E-state index in [4.69, 9.17) is 0 Å². The molecule has 19 heavy (non-hydrogen) atoms. The number of rotatable bonds is 3. The summed E-state index contributed by atoms with van der Waals surface area (Å²) >= 11 is 0. The lowest BCUT2D eigenvalue weighted by atomic mass is 10.3. The van der Waals surface area contributed by atoms with Crippen molar-refractivity contribution < 1.29 is 8.42 Å². The van der Waals surface area contributed by atoms with Gasteiger partial charge in [-0.25, -0.2) is 9.78 Å². The van der Waals surface area contributed by atoms with Crippen molar-refractivity contribution in [1.82, 2.24) is 19.9 Å². The number of hydrogen-bond acceptors (Lipinski definition) is 4. The Morgan fingerprint density at radius 2 is 1.95 bits per heavy atom. The summed E-state index contributed by atoms with van der Waals surface area (Å²) in [5.41, 5.74) is 1.13. The summed E-state index contributed by atoms with van der Waals surface area (Å²) in [7, 11) is -3.70. The maximum atomic E-state index is 11.9. The largest absolute Gasteiger partial charge is 0.334 e. The molecule has 0 spiro atoms. The summed E-state index contributed by atoms with van der Waals surface area (Å²) in [6.07, 6.45) is 2.49. The van der Waals surface area contributed by atoms with Gasteiger partial charge in [-0.15, -0.1) is 0 Å². The van der Waals surface area contributed by atoms with Gasteiger partial charge >= 0.3 is 5.69 Å². The quantitative estimate of drug-likeness (QED) is 0.553. The Balaban J connectivity index is 1.99. The average molecular weight is 279 g/mol. The maximum Gasteiger partial charge on any atom is 0.323 e. The molecule has 0 saturated carbocycles. The molecule has 0 aliphatic carbocycles. The van der Waals surface area contributed by atoms with Crippen molar-refractivity contribution in [3.8, 4) is 0 Å². The van der Waals surface area contributed by atoms with E-state index in [0.29, 0.717) is 16.7 Å². The third-order valence-corrected chi connectivity index (χ3v) is 3.84. The number of aromatic nitrogens is 4. The number of H-pyrrole nitrogens is 3. The van der Waals surface area contributed by atoms with Gasteiger partial charge in [-0.1, -0.05) is 0 Å². The number of imidazole rings is 2. The molecule has 1 aromatic carbocycles. The molecule has 0 aliphatic heterocycles. The van der Waals surface area contributed by atoms with Crippen LogP contribution in [-0.4, -0.2) is 28.4 Å². The number of hydrogen-bond donors (Lipinski definition) is 4. The molecular formula is C10H9N5O3S. The van der Waals surface area contributed by atoms with Crippen LogP contribution in [0.3, 0.4) is 0 Å². The molecule has 98 valence electrons. The predicted molar refractivity (Wildman–Crippen MR) is 68.3 cm³/mol. The highest BCUT2D eigenvalue weighted by molar-refractivity contribution is 7.92. The SMILES string of the molecule is O=c1[nH]c2ccc(NS(=O)(=O)c3cnc[nH]3)cc2[nH]1. The first-order chi connectivity index (χ1) is 9.04. The second-order valence-electron chi connectivity index (χ2n) is 3.86. The third-order valence-electron chi connectivity index (χ3n) is 2.53. The van der Waals surface area contributed by atoms with E-state index >= 15 is 0 Å². The lowest BCUT2D eigenvalue weighted by molar-refractivity contribution is 0.598. The molecule has 3 aromatic rings. The molecule has 0 unspecified atom stereocenters. The van der Waals surface area contributed by atoms with Crippen LogP contribution < -0.4 is 10.4 Å². The van der Waals surface area contributed by atoms with Gasteiger partial charge in [-0.2, -0.15) is 8.42 Å². The zero-order chi connectivity index (χ0) is 13.5. The van der Waals surface area contributed by atoms with Crippen molar-refractivity contribution in [3.05, 3.63) is 41.2 Å². The smallest absolute Gasteiger partial charge is 0.323 e. The Labute approximate surface area is 106 Å². The number of nitrogens with zero attached hydrogens (tertiary/aromatic N) is 1. The monoisotopic (exact) mass is 279 g/mol. The molecule has 0 atom stereocenters. The van der Waals surface area contributed by atoms with E-state index in [0.717, 1.165) is 0 Å². The fourth-order valence-electron chi connectivity index (χ4n) is 1.70. The molecule has 0 amide bonds. The van der Waals surface area contributed by atoms with Gasteiger partial charge in [0.15, 0.2) is 5.03 Å². The first-order valence-electron chi connectivity index (χ1n) is 5.28. The summed E-state index contributed by atoms with van der Waals surface area (Å²) in [6.45, 7) is 0. The third kappa shape index (κ3) is 2.10. The Hall–Kier alpha value is -2.55. The number of nitrogens with one attached hydrogen (secondary N) is 4. The van der Waals surface area contributed by atoms with Crippen LogP contribution in [-0.2, 0) is 10.0 Å². The van der Waals surface area contributed by atoms with Crippen LogP contribution in [0.4, 0.5) is 5.69 Å². The number of fused-ring (bicyclic) bond motifs is 1. The van der Waals surface area contributed by atoms with Gasteiger partial charge in [0.2, 0.25) is 0 Å². The molecule has 2 aromatic heterocycles. The molecule has 0 bridgehead atoms.